The number of ketones is 4. The monoisotopic (exact) mass is 509 g/mol. The molecule has 186 valence electrons. The number of nitrogens with zero attached hydrogens (tertiary/aromatic N) is 1. The molecule has 2 aliphatic carbocycles. The number of hydrogen-bond donors (Lipinski definition) is 0. The molecule has 1 aliphatic heterocycles. The summed E-state index contributed by atoms with van der Waals surface area (Å²) in [7, 11) is 1.91. The van der Waals surface area contributed by atoms with E-state index in [9.17, 15) is 19.2 Å². The third-order valence-electron chi connectivity index (χ3n) is 7.34. The maximum atomic E-state index is 12.8. The van der Waals surface area contributed by atoms with E-state index in [4.69, 9.17) is 4.74 Å². The number of hydrogen-bond acceptors (Lipinski definition) is 6. The van der Waals surface area contributed by atoms with Crippen molar-refractivity contribution < 1.29 is 23.9 Å². The van der Waals surface area contributed by atoms with Crippen molar-refractivity contribution in [2.75, 3.05) is 11.9 Å². The lowest BCUT2D eigenvalue weighted by atomic mass is 10.0. The van der Waals surface area contributed by atoms with Gasteiger partial charge in [0.05, 0.1) is 22.5 Å². The first kappa shape index (κ1) is 22.8. The van der Waals surface area contributed by atoms with Crippen LogP contribution in [0.25, 0.3) is 12.2 Å². The van der Waals surface area contributed by atoms with E-state index in [0.717, 1.165) is 11.4 Å². The summed E-state index contributed by atoms with van der Waals surface area (Å²) in [6.45, 7) is 0. The highest BCUT2D eigenvalue weighted by Crippen LogP contribution is 2.47. The zero-order chi connectivity index (χ0) is 26.8. The van der Waals surface area contributed by atoms with Gasteiger partial charge in [-0.05, 0) is 47.5 Å². The summed E-state index contributed by atoms with van der Waals surface area (Å²) in [6, 6.07) is 24.7. The number of fused-ring (bicyclic) bond motifs is 4. The van der Waals surface area contributed by atoms with Gasteiger partial charge >= 0.3 is 0 Å². The van der Waals surface area contributed by atoms with Crippen LogP contribution in [0.4, 0.5) is 11.4 Å². The maximum absolute atomic E-state index is 12.8. The molecule has 0 saturated heterocycles. The summed E-state index contributed by atoms with van der Waals surface area (Å²) in [5, 5.41) is 0. The molecule has 6 nitrogen and oxygen atoms in total. The minimum atomic E-state index is -0.285. The molecule has 0 unspecified atom stereocenters. The number of carbonyl (C=O) groups excluding carboxylic acids is 4. The Morgan fingerprint density at radius 1 is 0.538 bits per heavy atom. The van der Waals surface area contributed by atoms with Crippen molar-refractivity contribution in [1.29, 1.82) is 0 Å². The molecule has 4 aromatic carbocycles. The second-order valence-corrected chi connectivity index (χ2v) is 9.64. The van der Waals surface area contributed by atoms with Gasteiger partial charge in [0.25, 0.3) is 0 Å². The second-order valence-electron chi connectivity index (χ2n) is 9.64. The van der Waals surface area contributed by atoms with E-state index in [2.05, 4.69) is 0 Å². The van der Waals surface area contributed by atoms with E-state index in [1.165, 1.54) is 0 Å². The van der Waals surface area contributed by atoms with Gasteiger partial charge in [-0.15, -0.1) is 0 Å². The summed E-state index contributed by atoms with van der Waals surface area (Å²) in [5.74, 6) is -0.0277. The number of Topliss-reactive ketones (excluding diaryl/α,β-unsaturated/α-hetero) is 4. The minimum Gasteiger partial charge on any atom is -0.453 e. The van der Waals surface area contributed by atoms with Gasteiger partial charge < -0.3 is 9.64 Å². The molecule has 0 fully saturated rings. The summed E-state index contributed by atoms with van der Waals surface area (Å²) in [5.41, 5.74) is 4.88. The van der Waals surface area contributed by atoms with Crippen LogP contribution in [-0.2, 0) is 0 Å². The number of anilines is 2. The molecule has 0 radical (unpaired) electrons. The van der Waals surface area contributed by atoms with Crippen molar-refractivity contribution in [3.05, 3.63) is 129 Å². The predicted octanol–water partition coefficient (Wildman–Crippen LogP) is 6.49. The smallest absolute Gasteiger partial charge is 0.197 e. The Hall–Kier alpha value is -5.36. The van der Waals surface area contributed by atoms with E-state index in [1.54, 1.807) is 72.8 Å². The van der Waals surface area contributed by atoms with Gasteiger partial charge in [0.15, 0.2) is 34.6 Å². The van der Waals surface area contributed by atoms with Crippen LogP contribution in [0.3, 0.4) is 0 Å². The molecule has 4 aromatic rings. The summed E-state index contributed by atoms with van der Waals surface area (Å²) in [6.07, 6.45) is 3.19. The van der Waals surface area contributed by atoms with Crippen LogP contribution in [0.15, 0.2) is 96.1 Å². The highest BCUT2D eigenvalue weighted by atomic mass is 16.5. The molecule has 0 N–H and O–H groups in total. The highest BCUT2D eigenvalue weighted by molar-refractivity contribution is 6.42. The maximum Gasteiger partial charge on any atom is 0.197 e. The first-order valence-corrected chi connectivity index (χ1v) is 12.4. The average molecular weight is 510 g/mol. The van der Waals surface area contributed by atoms with E-state index >= 15 is 0 Å². The minimum absolute atomic E-state index is 0.126. The largest absolute Gasteiger partial charge is 0.453 e. The number of benzene rings is 4. The second kappa shape index (κ2) is 8.33. The average Bonchev–Trinajstić information content (AvgIpc) is 3.34. The summed E-state index contributed by atoms with van der Waals surface area (Å²) < 4.78 is 6.25. The van der Waals surface area contributed by atoms with Crippen molar-refractivity contribution in [3.8, 4) is 11.5 Å². The van der Waals surface area contributed by atoms with Crippen LogP contribution in [-0.4, -0.2) is 30.2 Å². The van der Waals surface area contributed by atoms with Gasteiger partial charge in [-0.2, -0.15) is 0 Å². The lowest BCUT2D eigenvalue weighted by molar-refractivity contribution is 0.0975. The van der Waals surface area contributed by atoms with Gasteiger partial charge in [-0.25, -0.2) is 0 Å². The Labute approximate surface area is 223 Å². The highest BCUT2D eigenvalue weighted by Gasteiger charge is 2.34. The molecule has 6 heteroatoms. The molecule has 0 saturated carbocycles. The van der Waals surface area contributed by atoms with E-state index in [1.807, 2.05) is 36.2 Å². The third-order valence-corrected chi connectivity index (χ3v) is 7.34. The molecule has 3 aliphatic rings. The molecule has 1 heterocycles. The van der Waals surface area contributed by atoms with Crippen molar-refractivity contribution in [2.45, 2.75) is 0 Å². The van der Waals surface area contributed by atoms with Crippen molar-refractivity contribution >= 4 is 46.7 Å². The van der Waals surface area contributed by atoms with Crippen LogP contribution in [0.5, 0.6) is 11.5 Å². The predicted molar refractivity (Wildman–Crippen MR) is 147 cm³/mol. The van der Waals surface area contributed by atoms with Crippen LogP contribution < -0.4 is 9.64 Å². The first-order chi connectivity index (χ1) is 18.9. The molecular formula is C33H19NO5. The number of carbonyl (C=O) groups is 4. The Kier molecular flexibility index (Phi) is 4.87. The zero-order valence-corrected chi connectivity index (χ0v) is 20.7. The quantitative estimate of drug-likeness (QED) is 0.227. The Balaban J connectivity index is 1.22. The van der Waals surface area contributed by atoms with Crippen LogP contribution in [0.2, 0.25) is 0 Å². The van der Waals surface area contributed by atoms with E-state index in [0.29, 0.717) is 44.9 Å². The topological polar surface area (TPSA) is 80.8 Å². The van der Waals surface area contributed by atoms with Crippen molar-refractivity contribution in [1.82, 2.24) is 0 Å². The Morgan fingerprint density at radius 2 is 0.897 bits per heavy atom. The lowest BCUT2D eigenvalue weighted by Gasteiger charge is -2.30. The summed E-state index contributed by atoms with van der Waals surface area (Å²) in [4.78, 5) is 53.3. The van der Waals surface area contributed by atoms with Gasteiger partial charge in [0.2, 0.25) is 0 Å². The number of allylic oxidation sites excluding steroid dienone is 2. The van der Waals surface area contributed by atoms with Gasteiger partial charge in [-0.1, -0.05) is 60.7 Å². The molecule has 0 amide bonds. The van der Waals surface area contributed by atoms with Crippen LogP contribution in [0.1, 0.15) is 52.6 Å². The third kappa shape index (κ3) is 3.42. The van der Waals surface area contributed by atoms with Crippen molar-refractivity contribution in [3.63, 3.8) is 0 Å². The van der Waals surface area contributed by atoms with Gasteiger partial charge in [-0.3, -0.25) is 19.2 Å². The van der Waals surface area contributed by atoms with E-state index < -0.39 is 0 Å². The molecule has 0 aromatic heterocycles. The van der Waals surface area contributed by atoms with E-state index in [-0.39, 0.29) is 34.3 Å². The van der Waals surface area contributed by atoms with Crippen LogP contribution >= 0.6 is 0 Å². The zero-order valence-electron chi connectivity index (χ0n) is 20.7. The SMILES string of the molecule is CN1c2ccc(C=C3C(=O)c4ccccc4C3=O)cc2Oc2cc(C=C3C(=O)c4ccccc4C3=O)ccc21. The normalized spacial score (nSPS) is 15.1. The molecular weight excluding hydrogens is 490 g/mol. The summed E-state index contributed by atoms with van der Waals surface area (Å²) >= 11 is 0. The molecule has 7 rings (SSSR count). The fourth-order valence-corrected chi connectivity index (χ4v) is 5.35. The van der Waals surface area contributed by atoms with Crippen molar-refractivity contribution in [2.24, 2.45) is 0 Å². The lowest BCUT2D eigenvalue weighted by Crippen LogP contribution is -2.15. The van der Waals surface area contributed by atoms with Gasteiger partial charge in [0, 0.05) is 29.3 Å². The Bertz CT molecular complexity index is 1670. The molecule has 0 bridgehead atoms. The molecule has 0 atom stereocenters. The molecule has 39 heavy (non-hydrogen) atoms. The van der Waals surface area contributed by atoms with Crippen LogP contribution in [0, 0.1) is 0 Å². The fraction of sp³-hybridized carbons (Fsp3) is 0.0303. The number of rotatable bonds is 2. The first-order valence-electron chi connectivity index (χ1n) is 12.4. The fourth-order valence-electron chi connectivity index (χ4n) is 5.35. The standard InChI is InChI=1S/C33H19NO5/c1-34-26-12-10-18(14-24-30(35)20-6-2-3-7-21(20)31(24)36)16-28(26)39-29-17-19(11-13-27(29)34)15-25-32(37)22-8-4-5-9-23(22)33(25)38/h2-17H,1H3. The van der Waals surface area contributed by atoms with Gasteiger partial charge in [0.1, 0.15) is 0 Å². The molecule has 0 spiro atoms. The Morgan fingerprint density at radius 3 is 1.26 bits per heavy atom. The number of ether oxygens (including phenoxy) is 1.